The second kappa shape index (κ2) is 11.1. The molecule has 1 atom stereocenters. The van der Waals surface area contributed by atoms with Gasteiger partial charge in [-0.3, -0.25) is 9.36 Å². The quantitative estimate of drug-likeness (QED) is 0.266. The average Bonchev–Trinajstić information content (AvgIpc) is 3.37. The number of allylic oxidation sites excluding steroid dienone is 1. The number of esters is 1. The van der Waals surface area contributed by atoms with E-state index in [0.29, 0.717) is 31.5 Å². The molecule has 2 aromatic carbocycles. The second-order valence-corrected chi connectivity index (χ2v) is 11.7. The highest BCUT2D eigenvalue weighted by Crippen LogP contribution is 2.31. The molecular weight excluding hydrogens is 542 g/mol. The Hall–Kier alpha value is -3.68. The van der Waals surface area contributed by atoms with Crippen LogP contribution in [0.15, 0.2) is 75.7 Å². The first-order valence-corrected chi connectivity index (χ1v) is 14.5. The van der Waals surface area contributed by atoms with Gasteiger partial charge < -0.3 is 9.30 Å². The van der Waals surface area contributed by atoms with Gasteiger partial charge in [0.25, 0.3) is 5.56 Å². The van der Waals surface area contributed by atoms with E-state index in [2.05, 4.69) is 36.6 Å². The molecule has 0 spiro atoms. The summed E-state index contributed by atoms with van der Waals surface area (Å²) < 4.78 is 9.72. The molecule has 0 unspecified atom stereocenters. The number of carbonyl (C=O) groups excluding carboxylic acids is 1. The van der Waals surface area contributed by atoms with Crippen molar-refractivity contribution >= 4 is 35.0 Å². The lowest BCUT2D eigenvalue weighted by Crippen LogP contribution is -2.39. The molecule has 40 heavy (non-hydrogen) atoms. The monoisotopic (exact) mass is 573 g/mol. The van der Waals surface area contributed by atoms with Gasteiger partial charge in [0, 0.05) is 22.1 Å². The molecule has 206 valence electrons. The van der Waals surface area contributed by atoms with Crippen LogP contribution in [0.3, 0.4) is 0 Å². The maximum Gasteiger partial charge on any atom is 0.338 e. The molecule has 3 heterocycles. The molecule has 0 amide bonds. The number of halogens is 1. The van der Waals surface area contributed by atoms with Crippen molar-refractivity contribution in [2.75, 3.05) is 6.61 Å². The maximum atomic E-state index is 14.0. The number of fused-ring (bicyclic) bond motifs is 1. The van der Waals surface area contributed by atoms with E-state index in [1.54, 1.807) is 18.4 Å². The van der Waals surface area contributed by atoms with Crippen molar-refractivity contribution in [2.24, 2.45) is 4.99 Å². The first kappa shape index (κ1) is 27.9. The first-order valence-electron chi connectivity index (χ1n) is 13.3. The van der Waals surface area contributed by atoms with Crippen LogP contribution in [0.25, 0.3) is 11.8 Å². The lowest BCUT2D eigenvalue weighted by atomic mass is 9.93. The smallest absolute Gasteiger partial charge is 0.338 e. The Kier molecular flexibility index (Phi) is 7.71. The minimum Gasteiger partial charge on any atom is -0.463 e. The van der Waals surface area contributed by atoms with Crippen LogP contribution < -0.4 is 14.9 Å². The molecule has 0 fully saturated rings. The maximum absolute atomic E-state index is 14.0. The van der Waals surface area contributed by atoms with Gasteiger partial charge in [0.05, 0.1) is 28.5 Å². The second-order valence-electron chi connectivity index (χ2n) is 10.3. The van der Waals surface area contributed by atoms with Crippen molar-refractivity contribution in [1.29, 1.82) is 0 Å². The Labute approximate surface area is 242 Å². The van der Waals surface area contributed by atoms with E-state index in [1.165, 1.54) is 16.9 Å². The summed E-state index contributed by atoms with van der Waals surface area (Å²) in [6.45, 7) is 12.1. The zero-order chi connectivity index (χ0) is 28.7. The zero-order valence-corrected chi connectivity index (χ0v) is 25.1. The van der Waals surface area contributed by atoms with Crippen LogP contribution in [-0.4, -0.2) is 21.7 Å². The molecule has 8 heteroatoms. The van der Waals surface area contributed by atoms with Crippen LogP contribution in [0, 0.1) is 13.8 Å². The minimum atomic E-state index is -0.627. The van der Waals surface area contributed by atoms with E-state index < -0.39 is 12.0 Å². The van der Waals surface area contributed by atoms with Crippen molar-refractivity contribution in [3.63, 3.8) is 0 Å². The van der Waals surface area contributed by atoms with Crippen LogP contribution in [0.1, 0.15) is 67.7 Å². The number of benzene rings is 2. The van der Waals surface area contributed by atoms with Gasteiger partial charge in [-0.1, -0.05) is 67.1 Å². The van der Waals surface area contributed by atoms with E-state index in [1.807, 2.05) is 56.3 Å². The van der Waals surface area contributed by atoms with E-state index >= 15 is 0 Å². The molecule has 0 saturated heterocycles. The van der Waals surface area contributed by atoms with Gasteiger partial charge in [-0.25, -0.2) is 9.79 Å². The molecule has 1 aliphatic heterocycles. The van der Waals surface area contributed by atoms with Gasteiger partial charge >= 0.3 is 5.97 Å². The number of ether oxygens (including phenoxy) is 1. The van der Waals surface area contributed by atoms with Crippen LogP contribution in [0.2, 0.25) is 5.02 Å². The predicted molar refractivity (Wildman–Crippen MR) is 161 cm³/mol. The summed E-state index contributed by atoms with van der Waals surface area (Å²) in [6, 6.07) is 17.2. The Bertz CT molecular complexity index is 1820. The van der Waals surface area contributed by atoms with E-state index in [9.17, 15) is 9.59 Å². The molecule has 0 radical (unpaired) electrons. The fourth-order valence-electron chi connectivity index (χ4n) is 5.26. The molecule has 6 nitrogen and oxygen atoms in total. The van der Waals surface area contributed by atoms with Gasteiger partial charge in [-0.2, -0.15) is 0 Å². The fourth-order valence-corrected chi connectivity index (χ4v) is 6.48. The van der Waals surface area contributed by atoms with Gasteiger partial charge in [0.2, 0.25) is 0 Å². The number of carbonyl (C=O) groups is 1. The fraction of sp³-hybridized carbons (Fsp3) is 0.281. The third kappa shape index (κ3) is 5.00. The number of aryl methyl sites for hydroxylation is 1. The molecule has 0 saturated carbocycles. The summed E-state index contributed by atoms with van der Waals surface area (Å²) in [7, 11) is 0. The summed E-state index contributed by atoms with van der Waals surface area (Å²) in [5.74, 6) is -0.0928. The highest BCUT2D eigenvalue weighted by Gasteiger charge is 2.33. The summed E-state index contributed by atoms with van der Waals surface area (Å²) in [6.07, 6.45) is 1.91. The van der Waals surface area contributed by atoms with E-state index in [0.717, 1.165) is 28.2 Å². The lowest BCUT2D eigenvalue weighted by molar-refractivity contribution is -0.139. The van der Waals surface area contributed by atoms with Crippen LogP contribution in [0.5, 0.6) is 0 Å². The van der Waals surface area contributed by atoms with Gasteiger partial charge in [-0.15, -0.1) is 0 Å². The van der Waals surface area contributed by atoms with E-state index in [-0.39, 0.29) is 12.2 Å². The predicted octanol–water partition coefficient (Wildman–Crippen LogP) is 5.98. The number of rotatable bonds is 6. The molecule has 1 aliphatic rings. The van der Waals surface area contributed by atoms with Crippen molar-refractivity contribution in [3.8, 4) is 5.69 Å². The highest BCUT2D eigenvalue weighted by molar-refractivity contribution is 7.07. The Morgan fingerprint density at radius 2 is 1.85 bits per heavy atom. The van der Waals surface area contributed by atoms with Crippen LogP contribution >= 0.6 is 22.9 Å². The summed E-state index contributed by atoms with van der Waals surface area (Å²) in [5.41, 5.74) is 6.70. The standard InChI is InChI=1S/C32H32ClN3O3S/c1-7-39-31(38)28-20(5)34-32-36(29(28)23-13-11-22(12-14-23)18(2)3)30(37)27(40-32)16-24-15-19(4)35(21(24)6)26-10-8-9-25(33)17-26/h8-18,29H,7H2,1-6H3/b27-16+/t29-/m0/s1. The molecular formula is C32H32ClN3O3S. The molecule has 0 bridgehead atoms. The van der Waals surface area contributed by atoms with E-state index in [4.69, 9.17) is 21.3 Å². The normalized spacial score (nSPS) is 15.4. The zero-order valence-electron chi connectivity index (χ0n) is 23.5. The Morgan fingerprint density at radius 3 is 2.50 bits per heavy atom. The number of nitrogens with zero attached hydrogens (tertiary/aromatic N) is 3. The Morgan fingerprint density at radius 1 is 1.12 bits per heavy atom. The lowest BCUT2D eigenvalue weighted by Gasteiger charge is -2.25. The summed E-state index contributed by atoms with van der Waals surface area (Å²) in [5, 5.41) is 0.661. The minimum absolute atomic E-state index is 0.191. The molecule has 2 aromatic heterocycles. The number of hydrogen-bond acceptors (Lipinski definition) is 5. The van der Waals surface area contributed by atoms with Gasteiger partial charge in [-0.05, 0) is 80.6 Å². The topological polar surface area (TPSA) is 65.6 Å². The average molecular weight is 574 g/mol. The third-order valence-corrected chi connectivity index (χ3v) is 8.48. The number of thiazole rings is 1. The van der Waals surface area contributed by atoms with Crippen molar-refractivity contribution < 1.29 is 9.53 Å². The first-order chi connectivity index (χ1) is 19.1. The van der Waals surface area contributed by atoms with Crippen molar-refractivity contribution in [3.05, 3.63) is 119 Å². The number of hydrogen-bond donors (Lipinski definition) is 0. The Balaban J connectivity index is 1.68. The molecule has 5 rings (SSSR count). The summed E-state index contributed by atoms with van der Waals surface area (Å²) >= 11 is 7.59. The van der Waals surface area contributed by atoms with Crippen LogP contribution in [-0.2, 0) is 9.53 Å². The molecule has 4 aromatic rings. The molecule has 0 aliphatic carbocycles. The third-order valence-electron chi connectivity index (χ3n) is 7.26. The highest BCUT2D eigenvalue weighted by atomic mass is 35.5. The molecule has 0 N–H and O–H groups in total. The summed E-state index contributed by atoms with van der Waals surface area (Å²) in [4.78, 5) is 32.4. The van der Waals surface area contributed by atoms with Crippen molar-refractivity contribution in [1.82, 2.24) is 9.13 Å². The van der Waals surface area contributed by atoms with Gasteiger partial charge in [0.1, 0.15) is 0 Å². The van der Waals surface area contributed by atoms with Crippen molar-refractivity contribution in [2.45, 2.75) is 53.5 Å². The van der Waals surface area contributed by atoms with Gasteiger partial charge in [0.15, 0.2) is 4.80 Å². The largest absolute Gasteiger partial charge is 0.463 e. The van der Waals surface area contributed by atoms with Crippen LogP contribution in [0.4, 0.5) is 0 Å². The number of aromatic nitrogens is 2. The SMILES string of the molecule is CCOC(=O)C1=C(C)N=c2s/c(=C/c3cc(C)n(-c4cccc(Cl)c4)c3C)c(=O)n2[C@H]1c1ccc(C(C)C)cc1.